The Balaban J connectivity index is 1.71. The molecule has 0 unspecified atom stereocenters. The minimum atomic E-state index is 0.0701. The lowest BCUT2D eigenvalue weighted by molar-refractivity contribution is 0.102. The maximum atomic E-state index is 12.3. The van der Waals surface area contributed by atoms with E-state index in [0.717, 1.165) is 25.5 Å². The molecule has 0 N–H and O–H groups in total. The number of nitrogens with zero attached hydrogens (tertiary/aromatic N) is 3. The van der Waals surface area contributed by atoms with E-state index < -0.39 is 0 Å². The molecule has 0 saturated carbocycles. The smallest absolute Gasteiger partial charge is 0.191 e. The maximum Gasteiger partial charge on any atom is 0.191 e. The number of aromatic nitrogens is 3. The molecule has 24 heavy (non-hydrogen) atoms. The third-order valence-electron chi connectivity index (χ3n) is 3.44. The molecule has 2 aromatic carbocycles. The molecule has 3 aromatic rings. The van der Waals surface area contributed by atoms with Crippen molar-refractivity contribution in [2.45, 2.75) is 5.16 Å². The minimum Gasteiger partial charge on any atom is -0.305 e. The van der Waals surface area contributed by atoms with Crippen molar-refractivity contribution >= 4 is 49.4 Å². The van der Waals surface area contributed by atoms with Gasteiger partial charge in [-0.1, -0.05) is 67.9 Å². The SMILES string of the molecule is Cn1c(SCC(=O)c2ccc(Br)cc2)nnc1-c1ccc(Br)cc1. The summed E-state index contributed by atoms with van der Waals surface area (Å²) in [5.74, 6) is 1.18. The molecule has 0 bridgehead atoms. The molecule has 0 aliphatic heterocycles. The molecule has 0 spiro atoms. The Labute approximate surface area is 160 Å². The van der Waals surface area contributed by atoms with Gasteiger partial charge in [-0.3, -0.25) is 4.79 Å². The third kappa shape index (κ3) is 3.96. The van der Waals surface area contributed by atoms with E-state index in [1.807, 2.05) is 60.1 Å². The van der Waals surface area contributed by atoms with Crippen LogP contribution in [0.2, 0.25) is 0 Å². The highest BCUT2D eigenvalue weighted by Crippen LogP contribution is 2.24. The topological polar surface area (TPSA) is 47.8 Å². The molecule has 0 atom stereocenters. The zero-order valence-electron chi connectivity index (χ0n) is 12.7. The van der Waals surface area contributed by atoms with Gasteiger partial charge in [-0.05, 0) is 24.3 Å². The second-order valence-electron chi connectivity index (χ2n) is 5.09. The number of benzene rings is 2. The monoisotopic (exact) mass is 465 g/mol. The fourth-order valence-corrected chi connectivity index (χ4v) is 3.47. The van der Waals surface area contributed by atoms with Gasteiger partial charge in [-0.25, -0.2) is 0 Å². The second kappa shape index (κ2) is 7.63. The molecular formula is C17H13Br2N3OS. The molecule has 0 saturated heterocycles. The first-order chi connectivity index (χ1) is 11.5. The molecule has 1 aromatic heterocycles. The van der Waals surface area contributed by atoms with E-state index in [0.29, 0.717) is 11.3 Å². The minimum absolute atomic E-state index is 0.0701. The molecule has 0 fully saturated rings. The van der Waals surface area contributed by atoms with E-state index in [4.69, 9.17) is 0 Å². The van der Waals surface area contributed by atoms with Gasteiger partial charge in [0.1, 0.15) is 0 Å². The highest BCUT2D eigenvalue weighted by Gasteiger charge is 2.13. The summed E-state index contributed by atoms with van der Waals surface area (Å²) in [6, 6.07) is 15.3. The Morgan fingerprint density at radius 3 is 2.21 bits per heavy atom. The van der Waals surface area contributed by atoms with Gasteiger partial charge in [-0.15, -0.1) is 10.2 Å². The van der Waals surface area contributed by atoms with Gasteiger partial charge >= 0.3 is 0 Å². The number of carbonyl (C=O) groups excluding carboxylic acids is 1. The van der Waals surface area contributed by atoms with Gasteiger partial charge in [0.25, 0.3) is 0 Å². The summed E-state index contributed by atoms with van der Waals surface area (Å²) in [6.45, 7) is 0. The number of thioether (sulfide) groups is 1. The van der Waals surface area contributed by atoms with Crippen LogP contribution in [0, 0.1) is 0 Å². The van der Waals surface area contributed by atoms with E-state index in [-0.39, 0.29) is 5.78 Å². The van der Waals surface area contributed by atoms with Crippen molar-refractivity contribution in [3.05, 3.63) is 63.0 Å². The average molecular weight is 467 g/mol. The maximum absolute atomic E-state index is 12.3. The normalized spacial score (nSPS) is 10.8. The zero-order chi connectivity index (χ0) is 17.1. The van der Waals surface area contributed by atoms with Crippen LogP contribution in [0.5, 0.6) is 0 Å². The number of halogens is 2. The molecule has 0 radical (unpaired) electrons. The van der Waals surface area contributed by atoms with Gasteiger partial charge in [0.2, 0.25) is 0 Å². The summed E-state index contributed by atoms with van der Waals surface area (Å²) in [6.07, 6.45) is 0. The lowest BCUT2D eigenvalue weighted by Gasteiger charge is -2.04. The molecule has 4 nitrogen and oxygen atoms in total. The predicted molar refractivity (Wildman–Crippen MR) is 103 cm³/mol. The van der Waals surface area contributed by atoms with E-state index in [2.05, 4.69) is 42.1 Å². The van der Waals surface area contributed by atoms with Crippen LogP contribution in [-0.4, -0.2) is 26.3 Å². The largest absolute Gasteiger partial charge is 0.305 e. The molecular weight excluding hydrogens is 454 g/mol. The highest BCUT2D eigenvalue weighted by atomic mass is 79.9. The van der Waals surface area contributed by atoms with Crippen molar-refractivity contribution in [3.63, 3.8) is 0 Å². The van der Waals surface area contributed by atoms with Gasteiger partial charge < -0.3 is 4.57 Å². The lowest BCUT2D eigenvalue weighted by Crippen LogP contribution is -2.03. The van der Waals surface area contributed by atoms with Crippen LogP contribution in [0.3, 0.4) is 0 Å². The molecule has 1 heterocycles. The fraction of sp³-hybridized carbons (Fsp3) is 0.118. The first-order valence-corrected chi connectivity index (χ1v) is 9.68. The van der Waals surface area contributed by atoms with E-state index in [1.165, 1.54) is 11.8 Å². The van der Waals surface area contributed by atoms with Gasteiger partial charge in [-0.2, -0.15) is 0 Å². The number of rotatable bonds is 5. The quantitative estimate of drug-likeness (QED) is 0.393. The molecule has 0 aliphatic carbocycles. The van der Waals surface area contributed by atoms with Crippen molar-refractivity contribution < 1.29 is 4.79 Å². The molecule has 122 valence electrons. The predicted octanol–water partition coefficient (Wildman–Crippen LogP) is 4.98. The summed E-state index contributed by atoms with van der Waals surface area (Å²) < 4.78 is 3.88. The van der Waals surface area contributed by atoms with Crippen LogP contribution >= 0.6 is 43.6 Å². The number of hydrogen-bond acceptors (Lipinski definition) is 4. The Morgan fingerprint density at radius 1 is 1.00 bits per heavy atom. The summed E-state index contributed by atoms with van der Waals surface area (Å²) in [5.41, 5.74) is 1.68. The average Bonchev–Trinajstić information content (AvgIpc) is 2.95. The van der Waals surface area contributed by atoms with Gasteiger partial charge in [0, 0.05) is 27.1 Å². The zero-order valence-corrected chi connectivity index (χ0v) is 16.7. The first-order valence-electron chi connectivity index (χ1n) is 7.11. The van der Waals surface area contributed by atoms with Crippen LogP contribution in [0.15, 0.2) is 62.6 Å². The fourth-order valence-electron chi connectivity index (χ4n) is 2.14. The standard InChI is InChI=1S/C17H13Br2N3OS/c1-22-16(12-4-8-14(19)9-5-12)20-21-17(22)24-10-15(23)11-2-6-13(18)7-3-11/h2-9H,10H2,1H3. The molecule has 0 amide bonds. The van der Waals surface area contributed by atoms with E-state index >= 15 is 0 Å². The summed E-state index contributed by atoms with van der Waals surface area (Å²) in [5, 5.41) is 9.16. The van der Waals surface area contributed by atoms with Crippen molar-refractivity contribution in [2.75, 3.05) is 5.75 Å². The summed E-state index contributed by atoms with van der Waals surface area (Å²) in [4.78, 5) is 12.3. The van der Waals surface area contributed by atoms with Crippen molar-refractivity contribution in [3.8, 4) is 11.4 Å². The van der Waals surface area contributed by atoms with Crippen LogP contribution in [-0.2, 0) is 7.05 Å². The molecule has 0 aliphatic rings. The highest BCUT2D eigenvalue weighted by molar-refractivity contribution is 9.10. The number of hydrogen-bond donors (Lipinski definition) is 0. The Kier molecular flexibility index (Phi) is 5.53. The Morgan fingerprint density at radius 2 is 1.58 bits per heavy atom. The van der Waals surface area contributed by atoms with Crippen molar-refractivity contribution in [1.29, 1.82) is 0 Å². The van der Waals surface area contributed by atoms with Crippen LogP contribution in [0.25, 0.3) is 11.4 Å². The molecule has 7 heteroatoms. The van der Waals surface area contributed by atoms with Crippen molar-refractivity contribution in [1.82, 2.24) is 14.8 Å². The van der Waals surface area contributed by atoms with Gasteiger partial charge in [0.15, 0.2) is 16.8 Å². The van der Waals surface area contributed by atoms with E-state index in [1.54, 1.807) is 0 Å². The summed E-state index contributed by atoms with van der Waals surface area (Å²) >= 11 is 8.18. The molecule has 3 rings (SSSR count). The number of Topliss-reactive ketones (excluding diaryl/α,β-unsaturated/α-hetero) is 1. The first kappa shape index (κ1) is 17.4. The Hall–Kier alpha value is -1.44. The number of carbonyl (C=O) groups is 1. The van der Waals surface area contributed by atoms with Crippen molar-refractivity contribution in [2.24, 2.45) is 7.05 Å². The lowest BCUT2D eigenvalue weighted by atomic mass is 10.2. The third-order valence-corrected chi connectivity index (χ3v) is 5.51. The van der Waals surface area contributed by atoms with E-state index in [9.17, 15) is 4.79 Å². The summed E-state index contributed by atoms with van der Waals surface area (Å²) in [7, 11) is 1.91. The Bertz CT molecular complexity index is 861. The van der Waals surface area contributed by atoms with Crippen LogP contribution < -0.4 is 0 Å². The van der Waals surface area contributed by atoms with Crippen LogP contribution in [0.4, 0.5) is 0 Å². The second-order valence-corrected chi connectivity index (χ2v) is 7.86. The van der Waals surface area contributed by atoms with Crippen LogP contribution in [0.1, 0.15) is 10.4 Å². The van der Waals surface area contributed by atoms with Gasteiger partial charge in [0.05, 0.1) is 5.75 Å². The number of ketones is 1.